The number of halogens is 1. The van der Waals surface area contributed by atoms with Crippen molar-refractivity contribution in [2.75, 3.05) is 6.54 Å². The first-order valence-corrected chi connectivity index (χ1v) is 10.6. The molecule has 1 aromatic heterocycles. The van der Waals surface area contributed by atoms with Crippen molar-refractivity contribution in [2.24, 2.45) is 0 Å². The van der Waals surface area contributed by atoms with Crippen molar-refractivity contribution < 1.29 is 9.21 Å². The van der Waals surface area contributed by atoms with Gasteiger partial charge in [-0.15, -0.1) is 0 Å². The molecule has 1 aliphatic rings. The fraction of sp³-hybridized carbons (Fsp3) is 0.154. The largest absolute Gasteiger partial charge is 0.450 e. The molecule has 0 aliphatic carbocycles. The van der Waals surface area contributed by atoms with Crippen LogP contribution in [0.1, 0.15) is 38.9 Å². The molecule has 0 N–H and O–H groups in total. The van der Waals surface area contributed by atoms with E-state index in [0.717, 1.165) is 16.7 Å². The van der Waals surface area contributed by atoms with Crippen LogP contribution in [0.15, 0.2) is 82.0 Å². The van der Waals surface area contributed by atoms with Crippen LogP contribution in [-0.4, -0.2) is 17.4 Å². The van der Waals surface area contributed by atoms with Crippen LogP contribution in [0.3, 0.4) is 0 Å². The number of hydrogen-bond acceptors (Lipinski definition) is 3. The van der Waals surface area contributed by atoms with E-state index in [9.17, 15) is 9.59 Å². The summed E-state index contributed by atoms with van der Waals surface area (Å²) in [6.07, 6.45) is 0.671. The van der Waals surface area contributed by atoms with Crippen molar-refractivity contribution >= 4 is 28.5 Å². The summed E-state index contributed by atoms with van der Waals surface area (Å²) in [6.45, 7) is 2.39. The average Bonchev–Trinajstić information content (AvgIpc) is 3.05. The second kappa shape index (κ2) is 7.71. The van der Waals surface area contributed by atoms with Crippen LogP contribution in [0.25, 0.3) is 11.0 Å². The minimum absolute atomic E-state index is 0.124. The Morgan fingerprint density at radius 3 is 2.55 bits per heavy atom. The summed E-state index contributed by atoms with van der Waals surface area (Å²) in [7, 11) is 0. The zero-order valence-electron chi connectivity index (χ0n) is 17.0. The Morgan fingerprint density at radius 2 is 1.77 bits per heavy atom. The van der Waals surface area contributed by atoms with Crippen molar-refractivity contribution in [2.45, 2.75) is 19.4 Å². The molecule has 0 fully saturated rings. The lowest BCUT2D eigenvalue weighted by atomic mass is 9.98. The van der Waals surface area contributed by atoms with Gasteiger partial charge in [-0.05, 0) is 48.7 Å². The third-order valence-electron chi connectivity index (χ3n) is 5.77. The summed E-state index contributed by atoms with van der Waals surface area (Å²) in [5.74, 6) is -0.144. The van der Waals surface area contributed by atoms with E-state index in [-0.39, 0.29) is 17.1 Å². The highest BCUT2D eigenvalue weighted by Crippen LogP contribution is 2.38. The zero-order valence-corrected chi connectivity index (χ0v) is 17.7. The second-order valence-corrected chi connectivity index (χ2v) is 8.30. The van der Waals surface area contributed by atoms with Crippen LogP contribution in [0.4, 0.5) is 0 Å². The molecule has 1 aliphatic heterocycles. The van der Waals surface area contributed by atoms with Crippen LogP contribution >= 0.6 is 11.6 Å². The predicted octanol–water partition coefficient (Wildman–Crippen LogP) is 5.54. The third-order valence-corrected chi connectivity index (χ3v) is 6.00. The van der Waals surface area contributed by atoms with Gasteiger partial charge in [0.15, 0.2) is 5.43 Å². The summed E-state index contributed by atoms with van der Waals surface area (Å²) < 4.78 is 5.99. The summed E-state index contributed by atoms with van der Waals surface area (Å²) >= 11 is 6.26. The SMILES string of the molecule is Cc1ccc2oc3c(c(=O)c2c1)[C@@H](c1cccc(Cl)c1)N(CCc1ccccc1)C3=O. The maximum Gasteiger partial charge on any atom is 0.290 e. The Balaban J connectivity index is 1.67. The normalized spacial score (nSPS) is 15.5. The number of rotatable bonds is 4. The quantitative estimate of drug-likeness (QED) is 0.427. The molecule has 0 unspecified atom stereocenters. The van der Waals surface area contributed by atoms with E-state index >= 15 is 0 Å². The number of benzene rings is 3. The van der Waals surface area contributed by atoms with Crippen molar-refractivity contribution in [3.63, 3.8) is 0 Å². The maximum atomic E-state index is 13.5. The molecule has 5 rings (SSSR count). The van der Waals surface area contributed by atoms with E-state index in [4.69, 9.17) is 16.0 Å². The molecule has 2 heterocycles. The molecule has 4 aromatic rings. The fourth-order valence-electron chi connectivity index (χ4n) is 4.28. The summed E-state index contributed by atoms with van der Waals surface area (Å²) in [5.41, 5.74) is 3.53. The minimum Gasteiger partial charge on any atom is -0.450 e. The number of fused-ring (bicyclic) bond motifs is 2. The Kier molecular flexibility index (Phi) is 4.87. The van der Waals surface area contributed by atoms with Crippen LogP contribution in [0, 0.1) is 6.92 Å². The first kappa shape index (κ1) is 19.6. The maximum absolute atomic E-state index is 13.5. The molecule has 5 heteroatoms. The van der Waals surface area contributed by atoms with E-state index in [1.54, 1.807) is 17.0 Å². The van der Waals surface area contributed by atoms with E-state index in [1.807, 2.05) is 67.6 Å². The molecule has 4 nitrogen and oxygen atoms in total. The van der Waals surface area contributed by atoms with Gasteiger partial charge in [0.2, 0.25) is 5.76 Å². The molecule has 31 heavy (non-hydrogen) atoms. The number of aryl methyl sites for hydroxylation is 1. The molecule has 0 radical (unpaired) electrons. The van der Waals surface area contributed by atoms with Gasteiger partial charge in [-0.25, -0.2) is 0 Å². The van der Waals surface area contributed by atoms with Crippen molar-refractivity contribution in [3.8, 4) is 0 Å². The Hall–Kier alpha value is -3.37. The molecular weight excluding hydrogens is 410 g/mol. The lowest BCUT2D eigenvalue weighted by molar-refractivity contribution is 0.0730. The van der Waals surface area contributed by atoms with Crippen molar-refractivity contribution in [1.82, 2.24) is 4.90 Å². The first-order valence-electron chi connectivity index (χ1n) is 10.2. The molecular formula is C26H20ClNO3. The molecule has 3 aromatic carbocycles. The van der Waals surface area contributed by atoms with Crippen LogP contribution in [0.2, 0.25) is 5.02 Å². The van der Waals surface area contributed by atoms with Crippen molar-refractivity contribution in [1.29, 1.82) is 0 Å². The Labute approximate surface area is 184 Å². The van der Waals surface area contributed by atoms with Gasteiger partial charge in [-0.1, -0.05) is 65.7 Å². The molecule has 0 saturated heterocycles. The topological polar surface area (TPSA) is 50.5 Å². The monoisotopic (exact) mass is 429 g/mol. The van der Waals surface area contributed by atoms with Gasteiger partial charge in [-0.2, -0.15) is 0 Å². The number of carbonyl (C=O) groups is 1. The predicted molar refractivity (Wildman–Crippen MR) is 122 cm³/mol. The van der Waals surface area contributed by atoms with Gasteiger partial charge in [0.25, 0.3) is 5.91 Å². The smallest absolute Gasteiger partial charge is 0.290 e. The van der Waals surface area contributed by atoms with Gasteiger partial charge in [0, 0.05) is 11.6 Å². The zero-order chi connectivity index (χ0) is 21.5. The van der Waals surface area contributed by atoms with Crippen LogP contribution in [-0.2, 0) is 6.42 Å². The van der Waals surface area contributed by atoms with Gasteiger partial charge in [-0.3, -0.25) is 9.59 Å². The molecule has 0 spiro atoms. The summed E-state index contributed by atoms with van der Waals surface area (Å²) in [6, 6.07) is 22.2. The standard InChI is InChI=1S/C26H20ClNO3/c1-16-10-11-21-20(14-16)24(29)22-23(18-8-5-9-19(27)15-18)28(26(30)25(22)31-21)13-12-17-6-3-2-4-7-17/h2-11,14-15,23H,12-13H2,1H3/t23-/m1/s1. The second-order valence-electron chi connectivity index (χ2n) is 7.87. The third kappa shape index (κ3) is 3.43. The van der Waals surface area contributed by atoms with Gasteiger partial charge < -0.3 is 9.32 Å². The van der Waals surface area contributed by atoms with Crippen LogP contribution < -0.4 is 5.43 Å². The number of hydrogen-bond donors (Lipinski definition) is 0. The lowest BCUT2D eigenvalue weighted by Gasteiger charge is -2.25. The molecule has 0 saturated carbocycles. The molecule has 154 valence electrons. The van der Waals surface area contributed by atoms with E-state index in [2.05, 4.69) is 0 Å². The summed E-state index contributed by atoms with van der Waals surface area (Å²) in [5, 5.41) is 1.05. The van der Waals surface area contributed by atoms with Gasteiger partial charge >= 0.3 is 0 Å². The average molecular weight is 430 g/mol. The van der Waals surface area contributed by atoms with Crippen LogP contribution in [0.5, 0.6) is 0 Å². The van der Waals surface area contributed by atoms with Crippen molar-refractivity contribution in [3.05, 3.63) is 116 Å². The lowest BCUT2D eigenvalue weighted by Crippen LogP contribution is -2.31. The highest BCUT2D eigenvalue weighted by Gasteiger charge is 2.42. The van der Waals surface area contributed by atoms with Gasteiger partial charge in [0.1, 0.15) is 5.58 Å². The molecule has 1 amide bonds. The van der Waals surface area contributed by atoms with E-state index < -0.39 is 6.04 Å². The van der Waals surface area contributed by atoms with E-state index in [0.29, 0.717) is 34.5 Å². The van der Waals surface area contributed by atoms with E-state index in [1.165, 1.54) is 0 Å². The molecule has 0 bridgehead atoms. The number of amides is 1. The summed E-state index contributed by atoms with van der Waals surface area (Å²) in [4.78, 5) is 28.7. The highest BCUT2D eigenvalue weighted by atomic mass is 35.5. The Bertz CT molecular complexity index is 1360. The first-order chi connectivity index (χ1) is 15.0. The fourth-order valence-corrected chi connectivity index (χ4v) is 4.48. The van der Waals surface area contributed by atoms with Gasteiger partial charge in [0.05, 0.1) is 17.0 Å². The Morgan fingerprint density at radius 1 is 0.968 bits per heavy atom. The minimum atomic E-state index is -0.536. The number of nitrogens with zero attached hydrogens (tertiary/aromatic N) is 1. The highest BCUT2D eigenvalue weighted by molar-refractivity contribution is 6.30. The molecule has 1 atom stereocenters. The number of carbonyl (C=O) groups excluding carboxylic acids is 1.